The Kier molecular flexibility index (Phi) is 4.94. The summed E-state index contributed by atoms with van der Waals surface area (Å²) in [5, 5.41) is 2.74. The van der Waals surface area contributed by atoms with Crippen molar-refractivity contribution in [3.05, 3.63) is 0 Å². The van der Waals surface area contributed by atoms with Gasteiger partial charge in [0.25, 0.3) is 0 Å². The van der Waals surface area contributed by atoms with Crippen molar-refractivity contribution in [1.82, 2.24) is 10.2 Å². The Balaban J connectivity index is 2.55. The van der Waals surface area contributed by atoms with Crippen LogP contribution in [0.5, 0.6) is 0 Å². The van der Waals surface area contributed by atoms with Crippen LogP contribution in [0.25, 0.3) is 0 Å². The molecule has 0 radical (unpaired) electrons. The van der Waals surface area contributed by atoms with Crippen molar-refractivity contribution < 1.29 is 9.59 Å². The Labute approximate surface area is 94.8 Å². The molecule has 0 aliphatic carbocycles. The van der Waals surface area contributed by atoms with Crippen LogP contribution in [0, 0.1) is 0 Å². The molecule has 0 aromatic heterocycles. The molecule has 0 aromatic rings. The van der Waals surface area contributed by atoms with Crippen molar-refractivity contribution in [2.75, 3.05) is 25.1 Å². The molecule has 2 amide bonds. The number of piperazine rings is 1. The number of hydrogen-bond donors (Lipinski definition) is 1. The van der Waals surface area contributed by atoms with Gasteiger partial charge in [0.2, 0.25) is 11.8 Å². The second-order valence-corrected chi connectivity index (χ2v) is 4.65. The van der Waals surface area contributed by atoms with Crippen LogP contribution in [0.4, 0.5) is 0 Å². The van der Waals surface area contributed by atoms with E-state index < -0.39 is 0 Å². The lowest BCUT2D eigenvalue weighted by Gasteiger charge is -2.32. The van der Waals surface area contributed by atoms with E-state index in [9.17, 15) is 9.59 Å². The number of nitrogens with one attached hydrogen (secondary N) is 1. The van der Waals surface area contributed by atoms with Crippen molar-refractivity contribution in [1.29, 1.82) is 0 Å². The summed E-state index contributed by atoms with van der Waals surface area (Å²) in [5.74, 6) is 0.928. The number of carbonyl (C=O) groups is 2. The Morgan fingerprint density at radius 2 is 2.27 bits per heavy atom. The van der Waals surface area contributed by atoms with Gasteiger partial charge in [-0.1, -0.05) is 13.3 Å². The summed E-state index contributed by atoms with van der Waals surface area (Å²) in [4.78, 5) is 24.9. The smallest absolute Gasteiger partial charge is 0.245 e. The molecule has 5 heteroatoms. The molecule has 86 valence electrons. The van der Waals surface area contributed by atoms with Gasteiger partial charge in [-0.2, -0.15) is 11.8 Å². The lowest BCUT2D eigenvalue weighted by molar-refractivity contribution is -0.144. The van der Waals surface area contributed by atoms with Crippen LogP contribution in [-0.2, 0) is 9.59 Å². The Bertz CT molecular complexity index is 246. The first-order valence-corrected chi connectivity index (χ1v) is 6.65. The van der Waals surface area contributed by atoms with Crippen LogP contribution >= 0.6 is 11.8 Å². The number of nitrogens with zero attached hydrogens (tertiary/aromatic N) is 1. The van der Waals surface area contributed by atoms with E-state index in [1.54, 1.807) is 16.7 Å². The number of hydrogen-bond acceptors (Lipinski definition) is 3. The van der Waals surface area contributed by atoms with E-state index in [1.165, 1.54) is 0 Å². The molecule has 1 saturated heterocycles. The quantitative estimate of drug-likeness (QED) is 0.747. The molecule has 4 nitrogen and oxygen atoms in total. The standard InChI is InChI=1S/C10H18N2O2S/c1-3-4-8-10(14)12(5-6-15-2)7-9(13)11-8/h8H,3-7H2,1-2H3,(H,11,13). The lowest BCUT2D eigenvalue weighted by atomic mass is 10.1. The summed E-state index contributed by atoms with van der Waals surface area (Å²) < 4.78 is 0. The molecule has 1 N–H and O–H groups in total. The summed E-state index contributed by atoms with van der Waals surface area (Å²) in [6.45, 7) is 2.91. The van der Waals surface area contributed by atoms with Gasteiger partial charge in [0.05, 0.1) is 6.54 Å². The largest absolute Gasteiger partial charge is 0.343 e. The van der Waals surface area contributed by atoms with Crippen LogP contribution in [0.2, 0.25) is 0 Å². The first-order chi connectivity index (χ1) is 7.19. The predicted octanol–water partition coefficient (Wildman–Crippen LogP) is 0.476. The molecular weight excluding hydrogens is 212 g/mol. The van der Waals surface area contributed by atoms with E-state index in [2.05, 4.69) is 5.32 Å². The lowest BCUT2D eigenvalue weighted by Crippen LogP contribution is -2.58. The van der Waals surface area contributed by atoms with E-state index >= 15 is 0 Å². The monoisotopic (exact) mass is 230 g/mol. The molecule has 0 bridgehead atoms. The second kappa shape index (κ2) is 6.00. The van der Waals surface area contributed by atoms with Crippen molar-refractivity contribution in [3.8, 4) is 0 Å². The molecule has 1 heterocycles. The summed E-state index contributed by atoms with van der Waals surface area (Å²) in [7, 11) is 0. The Hall–Kier alpha value is -0.710. The first-order valence-electron chi connectivity index (χ1n) is 5.26. The van der Waals surface area contributed by atoms with E-state index in [1.807, 2.05) is 13.2 Å². The third kappa shape index (κ3) is 3.41. The highest BCUT2D eigenvalue weighted by atomic mass is 32.2. The van der Waals surface area contributed by atoms with Gasteiger partial charge < -0.3 is 10.2 Å². The fourth-order valence-electron chi connectivity index (χ4n) is 1.65. The van der Waals surface area contributed by atoms with Gasteiger partial charge in [-0.3, -0.25) is 9.59 Å². The summed E-state index contributed by atoms with van der Waals surface area (Å²) in [6.07, 6.45) is 3.64. The Morgan fingerprint density at radius 1 is 1.53 bits per heavy atom. The third-order valence-corrected chi connectivity index (χ3v) is 3.01. The van der Waals surface area contributed by atoms with Gasteiger partial charge in [-0.15, -0.1) is 0 Å². The highest BCUT2D eigenvalue weighted by Gasteiger charge is 2.31. The molecule has 0 spiro atoms. The molecule has 0 aromatic carbocycles. The maximum absolute atomic E-state index is 11.9. The first kappa shape index (κ1) is 12.4. The number of thioether (sulfide) groups is 1. The molecule has 1 rings (SSSR count). The fraction of sp³-hybridized carbons (Fsp3) is 0.800. The number of carbonyl (C=O) groups excluding carboxylic acids is 2. The zero-order chi connectivity index (χ0) is 11.3. The zero-order valence-electron chi connectivity index (χ0n) is 9.28. The van der Waals surface area contributed by atoms with Gasteiger partial charge in [0.1, 0.15) is 6.04 Å². The minimum atomic E-state index is -0.293. The molecule has 1 aliphatic heterocycles. The Morgan fingerprint density at radius 3 is 2.87 bits per heavy atom. The van der Waals surface area contributed by atoms with Crippen LogP contribution in [0.1, 0.15) is 19.8 Å². The van der Waals surface area contributed by atoms with Gasteiger partial charge in [-0.25, -0.2) is 0 Å². The summed E-state index contributed by atoms with van der Waals surface area (Å²) >= 11 is 1.69. The van der Waals surface area contributed by atoms with Crippen molar-refractivity contribution in [2.24, 2.45) is 0 Å². The van der Waals surface area contributed by atoms with E-state index in [0.717, 1.165) is 18.6 Å². The molecule has 0 saturated carbocycles. The highest BCUT2D eigenvalue weighted by Crippen LogP contribution is 2.08. The zero-order valence-corrected chi connectivity index (χ0v) is 10.1. The topological polar surface area (TPSA) is 49.4 Å². The van der Waals surface area contributed by atoms with Crippen LogP contribution < -0.4 is 5.32 Å². The van der Waals surface area contributed by atoms with Crippen molar-refractivity contribution in [3.63, 3.8) is 0 Å². The SMILES string of the molecule is CCCC1NC(=O)CN(CCSC)C1=O. The van der Waals surface area contributed by atoms with Crippen LogP contribution in [-0.4, -0.2) is 47.9 Å². The maximum Gasteiger partial charge on any atom is 0.245 e. The number of amides is 2. The summed E-state index contributed by atoms with van der Waals surface area (Å²) in [5.41, 5.74) is 0. The second-order valence-electron chi connectivity index (χ2n) is 3.66. The summed E-state index contributed by atoms with van der Waals surface area (Å²) in [6, 6.07) is -0.293. The minimum Gasteiger partial charge on any atom is -0.343 e. The normalized spacial score (nSPS) is 21.7. The molecule has 1 unspecified atom stereocenters. The molecule has 1 aliphatic rings. The average Bonchev–Trinajstić information content (AvgIpc) is 2.21. The predicted molar refractivity (Wildman–Crippen MR) is 61.8 cm³/mol. The average molecular weight is 230 g/mol. The van der Waals surface area contributed by atoms with Gasteiger partial charge in [0, 0.05) is 12.3 Å². The molecular formula is C10H18N2O2S. The molecule has 15 heavy (non-hydrogen) atoms. The van der Waals surface area contributed by atoms with Gasteiger partial charge >= 0.3 is 0 Å². The van der Waals surface area contributed by atoms with Crippen LogP contribution in [0.15, 0.2) is 0 Å². The van der Waals surface area contributed by atoms with Crippen molar-refractivity contribution in [2.45, 2.75) is 25.8 Å². The van der Waals surface area contributed by atoms with Crippen LogP contribution in [0.3, 0.4) is 0 Å². The minimum absolute atomic E-state index is 0.0332. The van der Waals surface area contributed by atoms with E-state index in [4.69, 9.17) is 0 Å². The van der Waals surface area contributed by atoms with Gasteiger partial charge in [-0.05, 0) is 12.7 Å². The highest BCUT2D eigenvalue weighted by molar-refractivity contribution is 7.98. The maximum atomic E-state index is 11.9. The van der Waals surface area contributed by atoms with E-state index in [-0.39, 0.29) is 24.4 Å². The van der Waals surface area contributed by atoms with E-state index in [0.29, 0.717) is 6.54 Å². The third-order valence-electron chi connectivity index (χ3n) is 2.42. The number of rotatable bonds is 5. The fourth-order valence-corrected chi connectivity index (χ4v) is 2.05. The molecule has 1 fully saturated rings. The van der Waals surface area contributed by atoms with Gasteiger partial charge in [0.15, 0.2) is 0 Å². The van der Waals surface area contributed by atoms with Crippen molar-refractivity contribution >= 4 is 23.6 Å². The molecule has 1 atom stereocenters.